The van der Waals surface area contributed by atoms with Gasteiger partial charge in [-0.25, -0.2) is 15.0 Å². The van der Waals surface area contributed by atoms with Crippen molar-refractivity contribution in [3.8, 4) is 78.5 Å². The van der Waals surface area contributed by atoms with E-state index >= 15 is 0 Å². The van der Waals surface area contributed by atoms with E-state index in [1.807, 2.05) is 42.5 Å². The van der Waals surface area contributed by atoms with Crippen molar-refractivity contribution < 1.29 is 0 Å². The molecule has 3 nitrogen and oxygen atoms in total. The van der Waals surface area contributed by atoms with E-state index in [1.54, 1.807) is 0 Å². The van der Waals surface area contributed by atoms with E-state index in [2.05, 4.69) is 170 Å². The maximum atomic E-state index is 5.31. The average Bonchev–Trinajstić information content (AvgIpc) is 3.29. The molecular formula is C53H35N3. The SMILES string of the molecule is c1ccc(-c2cc(-c3ccccc3)nc(-c3cccc(-c4ccc(-c5cc6nc(-c7ccccc7)cc(-c7ccccc7)c6c6ccccc56)cc4)c3)n2)cc1. The molecule has 0 bridgehead atoms. The van der Waals surface area contributed by atoms with Crippen LogP contribution in [0.1, 0.15) is 0 Å². The summed E-state index contributed by atoms with van der Waals surface area (Å²) in [5, 5.41) is 3.55. The molecule has 0 aliphatic rings. The molecule has 2 aromatic heterocycles. The van der Waals surface area contributed by atoms with Gasteiger partial charge in [-0.1, -0.05) is 188 Å². The highest BCUT2D eigenvalue weighted by molar-refractivity contribution is 6.18. The van der Waals surface area contributed by atoms with Crippen molar-refractivity contribution in [2.24, 2.45) is 0 Å². The Morgan fingerprint density at radius 3 is 1.29 bits per heavy atom. The molecule has 0 amide bonds. The van der Waals surface area contributed by atoms with Crippen LogP contribution >= 0.6 is 0 Å². The maximum absolute atomic E-state index is 5.31. The fourth-order valence-electron chi connectivity index (χ4n) is 7.71. The fraction of sp³-hybridized carbons (Fsp3) is 0. The Labute approximate surface area is 326 Å². The Hall–Kier alpha value is -7.49. The first-order valence-corrected chi connectivity index (χ1v) is 18.9. The van der Waals surface area contributed by atoms with Gasteiger partial charge in [-0.05, 0) is 68.4 Å². The Kier molecular flexibility index (Phi) is 8.51. The Bertz CT molecular complexity index is 2920. The van der Waals surface area contributed by atoms with Gasteiger partial charge in [0.15, 0.2) is 5.82 Å². The molecule has 0 aliphatic carbocycles. The number of fused-ring (bicyclic) bond motifs is 3. The van der Waals surface area contributed by atoms with Gasteiger partial charge in [-0.2, -0.15) is 0 Å². The molecule has 56 heavy (non-hydrogen) atoms. The van der Waals surface area contributed by atoms with E-state index in [0.29, 0.717) is 5.82 Å². The molecule has 0 aliphatic heterocycles. The number of benzene rings is 8. The molecule has 0 radical (unpaired) electrons. The Morgan fingerprint density at radius 1 is 0.250 bits per heavy atom. The van der Waals surface area contributed by atoms with Gasteiger partial charge in [-0.15, -0.1) is 0 Å². The minimum Gasteiger partial charge on any atom is -0.248 e. The van der Waals surface area contributed by atoms with Crippen LogP contribution < -0.4 is 0 Å². The highest BCUT2D eigenvalue weighted by Crippen LogP contribution is 2.41. The zero-order valence-corrected chi connectivity index (χ0v) is 30.5. The van der Waals surface area contributed by atoms with E-state index in [-0.39, 0.29) is 0 Å². The van der Waals surface area contributed by atoms with Crippen LogP contribution in [0.4, 0.5) is 0 Å². The van der Waals surface area contributed by atoms with Crippen molar-refractivity contribution in [1.82, 2.24) is 15.0 Å². The highest BCUT2D eigenvalue weighted by atomic mass is 14.9. The van der Waals surface area contributed by atoms with Crippen molar-refractivity contribution in [3.05, 3.63) is 212 Å². The molecule has 0 spiro atoms. The number of aromatic nitrogens is 3. The summed E-state index contributed by atoms with van der Waals surface area (Å²) in [4.78, 5) is 15.5. The standard InChI is InChI=1S/C53H35N3/c1-5-16-37(17-6-1)47-34-48(39-18-7-2-8-19-39)54-51-33-46(44-26-13-14-27-45(44)52(47)51)38-30-28-36(29-31-38)42-24-15-25-43(32-42)53-55-49(40-20-9-3-10-21-40)35-50(56-53)41-22-11-4-12-23-41/h1-35H. The second kappa shape index (κ2) is 14.4. The first kappa shape index (κ1) is 33.1. The van der Waals surface area contributed by atoms with Crippen LogP contribution in [-0.4, -0.2) is 15.0 Å². The summed E-state index contributed by atoms with van der Waals surface area (Å²) in [6, 6.07) is 74.5. The molecule has 2 heterocycles. The largest absolute Gasteiger partial charge is 0.248 e. The van der Waals surface area contributed by atoms with Crippen molar-refractivity contribution in [3.63, 3.8) is 0 Å². The lowest BCUT2D eigenvalue weighted by atomic mass is 9.90. The second-order valence-corrected chi connectivity index (χ2v) is 14.0. The molecular weight excluding hydrogens is 679 g/mol. The van der Waals surface area contributed by atoms with E-state index in [9.17, 15) is 0 Å². The molecule has 0 atom stereocenters. The molecule has 3 heteroatoms. The molecule has 262 valence electrons. The number of nitrogens with zero attached hydrogens (tertiary/aromatic N) is 3. The van der Waals surface area contributed by atoms with E-state index in [4.69, 9.17) is 15.0 Å². The molecule has 10 aromatic rings. The third kappa shape index (κ3) is 6.31. The van der Waals surface area contributed by atoms with Crippen molar-refractivity contribution >= 4 is 21.7 Å². The van der Waals surface area contributed by atoms with Crippen LogP contribution in [0.25, 0.3) is 100 Å². The van der Waals surface area contributed by atoms with E-state index in [0.717, 1.165) is 72.5 Å². The molecule has 0 saturated heterocycles. The number of rotatable bonds is 7. The fourth-order valence-corrected chi connectivity index (χ4v) is 7.71. The Balaban J connectivity index is 1.07. The van der Waals surface area contributed by atoms with Crippen LogP contribution in [0.5, 0.6) is 0 Å². The van der Waals surface area contributed by atoms with Gasteiger partial charge in [0.25, 0.3) is 0 Å². The molecule has 0 unspecified atom stereocenters. The number of hydrogen-bond donors (Lipinski definition) is 0. The summed E-state index contributed by atoms with van der Waals surface area (Å²) in [6.45, 7) is 0. The highest BCUT2D eigenvalue weighted by Gasteiger charge is 2.17. The minimum absolute atomic E-state index is 0.698. The van der Waals surface area contributed by atoms with Crippen LogP contribution in [0.2, 0.25) is 0 Å². The van der Waals surface area contributed by atoms with Gasteiger partial charge in [0.2, 0.25) is 0 Å². The van der Waals surface area contributed by atoms with Gasteiger partial charge >= 0.3 is 0 Å². The normalized spacial score (nSPS) is 11.2. The number of hydrogen-bond acceptors (Lipinski definition) is 3. The van der Waals surface area contributed by atoms with Crippen molar-refractivity contribution in [2.75, 3.05) is 0 Å². The average molecular weight is 714 g/mol. The summed E-state index contributed by atoms with van der Waals surface area (Å²) < 4.78 is 0. The van der Waals surface area contributed by atoms with Gasteiger partial charge in [0, 0.05) is 27.6 Å². The maximum Gasteiger partial charge on any atom is 0.160 e. The number of pyridine rings is 1. The van der Waals surface area contributed by atoms with Gasteiger partial charge in [0.1, 0.15) is 0 Å². The smallest absolute Gasteiger partial charge is 0.160 e. The van der Waals surface area contributed by atoms with Crippen LogP contribution in [0, 0.1) is 0 Å². The summed E-state index contributed by atoms with van der Waals surface area (Å²) in [5.41, 5.74) is 14.8. The minimum atomic E-state index is 0.698. The van der Waals surface area contributed by atoms with E-state index in [1.165, 1.54) is 21.9 Å². The summed E-state index contributed by atoms with van der Waals surface area (Å²) in [6.07, 6.45) is 0. The summed E-state index contributed by atoms with van der Waals surface area (Å²) >= 11 is 0. The van der Waals surface area contributed by atoms with Crippen molar-refractivity contribution in [2.45, 2.75) is 0 Å². The molecule has 0 fully saturated rings. The molecule has 0 saturated carbocycles. The van der Waals surface area contributed by atoms with Gasteiger partial charge in [0.05, 0.1) is 22.6 Å². The first-order chi connectivity index (χ1) is 27.7. The second-order valence-electron chi connectivity index (χ2n) is 14.0. The predicted molar refractivity (Wildman–Crippen MR) is 233 cm³/mol. The topological polar surface area (TPSA) is 38.7 Å². The summed E-state index contributed by atoms with van der Waals surface area (Å²) in [7, 11) is 0. The lowest BCUT2D eigenvalue weighted by Crippen LogP contribution is -1.96. The lowest BCUT2D eigenvalue weighted by Gasteiger charge is -2.16. The third-order valence-corrected chi connectivity index (χ3v) is 10.5. The van der Waals surface area contributed by atoms with Gasteiger partial charge in [-0.3, -0.25) is 0 Å². The van der Waals surface area contributed by atoms with Gasteiger partial charge < -0.3 is 0 Å². The zero-order chi connectivity index (χ0) is 37.3. The monoisotopic (exact) mass is 713 g/mol. The molecule has 8 aromatic carbocycles. The summed E-state index contributed by atoms with van der Waals surface area (Å²) in [5.74, 6) is 0.698. The van der Waals surface area contributed by atoms with Crippen molar-refractivity contribution in [1.29, 1.82) is 0 Å². The van der Waals surface area contributed by atoms with Crippen LogP contribution in [-0.2, 0) is 0 Å². The lowest BCUT2D eigenvalue weighted by molar-refractivity contribution is 1.18. The third-order valence-electron chi connectivity index (χ3n) is 10.5. The quantitative estimate of drug-likeness (QED) is 0.154. The Morgan fingerprint density at radius 2 is 0.696 bits per heavy atom. The predicted octanol–water partition coefficient (Wildman–Crippen LogP) is 13.8. The first-order valence-electron chi connectivity index (χ1n) is 18.9. The van der Waals surface area contributed by atoms with Crippen LogP contribution in [0.3, 0.4) is 0 Å². The van der Waals surface area contributed by atoms with Crippen LogP contribution in [0.15, 0.2) is 212 Å². The van der Waals surface area contributed by atoms with E-state index < -0.39 is 0 Å². The zero-order valence-electron chi connectivity index (χ0n) is 30.5. The molecule has 0 N–H and O–H groups in total. The molecule has 10 rings (SSSR count).